The molecule has 2 heteroatoms. The van der Waals surface area contributed by atoms with Crippen LogP contribution >= 0.6 is 11.3 Å². The summed E-state index contributed by atoms with van der Waals surface area (Å²) in [4.78, 5) is 3.01. The maximum absolute atomic E-state index is 3.97. The van der Waals surface area contributed by atoms with Crippen molar-refractivity contribution < 1.29 is 0 Å². The smallest absolute Gasteiger partial charge is 0.0388 e. The largest absolute Gasteiger partial charge is 0.306 e. The third kappa shape index (κ3) is 1.99. The molecule has 1 N–H and O–H groups in total. The zero-order valence-corrected chi connectivity index (χ0v) is 14.4. The molecule has 0 spiro atoms. The Morgan fingerprint density at radius 3 is 2.60 bits per heavy atom. The van der Waals surface area contributed by atoms with E-state index in [-0.39, 0.29) is 0 Å². The Hall–Kier alpha value is -0.340. The fourth-order valence-corrected chi connectivity index (χ4v) is 5.62. The van der Waals surface area contributed by atoms with E-state index in [0.717, 1.165) is 12.3 Å². The number of hydrogen-bond donors (Lipinski definition) is 1. The van der Waals surface area contributed by atoms with Gasteiger partial charge in [-0.05, 0) is 61.5 Å². The summed E-state index contributed by atoms with van der Waals surface area (Å²) in [6, 6.07) is 5.81. The summed E-state index contributed by atoms with van der Waals surface area (Å²) in [5.74, 6) is 0.923. The Labute approximate surface area is 128 Å². The zero-order valence-electron chi connectivity index (χ0n) is 13.6. The molecule has 2 saturated carbocycles. The molecule has 20 heavy (non-hydrogen) atoms. The zero-order chi connectivity index (χ0) is 14.5. The molecule has 2 aliphatic carbocycles. The lowest BCUT2D eigenvalue weighted by Crippen LogP contribution is -2.45. The van der Waals surface area contributed by atoms with Crippen LogP contribution in [0.15, 0.2) is 12.1 Å². The highest BCUT2D eigenvalue weighted by atomic mass is 32.1. The number of hydrogen-bond acceptors (Lipinski definition) is 2. The van der Waals surface area contributed by atoms with Gasteiger partial charge in [-0.25, -0.2) is 0 Å². The predicted octanol–water partition coefficient (Wildman–Crippen LogP) is 5.18. The molecule has 0 amide bonds. The molecule has 112 valence electrons. The first kappa shape index (κ1) is 14.6. The minimum Gasteiger partial charge on any atom is -0.306 e. The van der Waals surface area contributed by atoms with Crippen molar-refractivity contribution in [3.05, 3.63) is 21.9 Å². The fourth-order valence-electron chi connectivity index (χ4n) is 4.66. The van der Waals surface area contributed by atoms with Crippen LogP contribution in [0.3, 0.4) is 0 Å². The topological polar surface area (TPSA) is 12.0 Å². The molecule has 0 aliphatic heterocycles. The number of aryl methyl sites for hydroxylation is 1. The number of fused-ring (bicyclic) bond motifs is 2. The molecule has 0 aromatic carbocycles. The van der Waals surface area contributed by atoms with Gasteiger partial charge in [0.05, 0.1) is 0 Å². The van der Waals surface area contributed by atoms with E-state index in [4.69, 9.17) is 0 Å². The normalized spacial score (nSPS) is 36.5. The van der Waals surface area contributed by atoms with Crippen LogP contribution < -0.4 is 5.32 Å². The second-order valence-electron chi connectivity index (χ2n) is 7.71. The molecule has 1 heterocycles. The van der Waals surface area contributed by atoms with Crippen molar-refractivity contribution in [3.8, 4) is 0 Å². The van der Waals surface area contributed by atoms with Crippen LogP contribution in [0, 0.1) is 16.7 Å². The maximum atomic E-state index is 3.97. The van der Waals surface area contributed by atoms with E-state index < -0.39 is 0 Å². The van der Waals surface area contributed by atoms with Crippen LogP contribution in [0.1, 0.15) is 69.7 Å². The average Bonchev–Trinajstić information content (AvgIpc) is 3.01. The summed E-state index contributed by atoms with van der Waals surface area (Å²) in [6.07, 6.45) is 5.38. The molecule has 1 aromatic rings. The van der Waals surface area contributed by atoms with Gasteiger partial charge in [-0.3, -0.25) is 0 Å². The summed E-state index contributed by atoms with van der Waals surface area (Å²) in [5, 5.41) is 3.97. The molecule has 2 fully saturated rings. The molecule has 3 rings (SSSR count). The van der Waals surface area contributed by atoms with Gasteiger partial charge in [0, 0.05) is 21.8 Å². The van der Waals surface area contributed by atoms with Crippen LogP contribution in [0.4, 0.5) is 0 Å². The first-order chi connectivity index (χ1) is 9.38. The van der Waals surface area contributed by atoms with E-state index in [2.05, 4.69) is 52.1 Å². The van der Waals surface area contributed by atoms with Crippen LogP contribution in [0.5, 0.6) is 0 Å². The monoisotopic (exact) mass is 291 g/mol. The minimum absolute atomic E-state index is 0.483. The Bertz CT molecular complexity index is 489. The van der Waals surface area contributed by atoms with Crippen molar-refractivity contribution in [1.82, 2.24) is 5.32 Å². The van der Waals surface area contributed by atoms with Gasteiger partial charge in [0.25, 0.3) is 0 Å². The predicted molar refractivity (Wildman–Crippen MR) is 88.3 cm³/mol. The van der Waals surface area contributed by atoms with Gasteiger partial charge >= 0.3 is 0 Å². The van der Waals surface area contributed by atoms with Gasteiger partial charge in [0.1, 0.15) is 0 Å². The van der Waals surface area contributed by atoms with Crippen LogP contribution in [0.2, 0.25) is 0 Å². The highest BCUT2D eigenvalue weighted by molar-refractivity contribution is 7.12. The lowest BCUT2D eigenvalue weighted by Gasteiger charge is -2.40. The van der Waals surface area contributed by atoms with Gasteiger partial charge in [-0.2, -0.15) is 0 Å². The number of nitrogens with one attached hydrogen (secondary N) is 1. The van der Waals surface area contributed by atoms with Gasteiger partial charge in [-0.15, -0.1) is 11.3 Å². The second kappa shape index (κ2) is 4.84. The Morgan fingerprint density at radius 2 is 2.10 bits per heavy atom. The first-order valence-corrected chi connectivity index (χ1v) is 9.05. The lowest BCUT2D eigenvalue weighted by molar-refractivity contribution is 0.116. The third-order valence-corrected chi connectivity index (χ3v) is 8.12. The summed E-state index contributed by atoms with van der Waals surface area (Å²) in [6.45, 7) is 12.1. The summed E-state index contributed by atoms with van der Waals surface area (Å²) in [5.41, 5.74) is 0.991. The van der Waals surface area contributed by atoms with E-state index in [1.165, 1.54) is 29.0 Å². The van der Waals surface area contributed by atoms with E-state index in [0.29, 0.717) is 22.9 Å². The Morgan fingerprint density at radius 1 is 1.35 bits per heavy atom. The Balaban J connectivity index is 1.73. The first-order valence-electron chi connectivity index (χ1n) is 8.23. The molecule has 1 aromatic heterocycles. The molecule has 0 saturated heterocycles. The van der Waals surface area contributed by atoms with E-state index in [9.17, 15) is 0 Å². The number of rotatable bonds is 4. The molecule has 0 radical (unpaired) electrons. The van der Waals surface area contributed by atoms with Crippen molar-refractivity contribution in [3.63, 3.8) is 0 Å². The third-order valence-electron chi connectivity index (χ3n) is 6.70. The summed E-state index contributed by atoms with van der Waals surface area (Å²) in [7, 11) is 0. The van der Waals surface area contributed by atoms with Crippen LogP contribution in [0.25, 0.3) is 0 Å². The maximum Gasteiger partial charge on any atom is 0.0388 e. The van der Waals surface area contributed by atoms with Crippen LogP contribution in [-0.4, -0.2) is 6.04 Å². The molecule has 4 atom stereocenters. The molecule has 4 unspecified atom stereocenters. The summed E-state index contributed by atoms with van der Waals surface area (Å²) >= 11 is 1.98. The van der Waals surface area contributed by atoms with Crippen molar-refractivity contribution >= 4 is 11.3 Å². The quantitative estimate of drug-likeness (QED) is 0.806. The van der Waals surface area contributed by atoms with E-state index in [1.54, 1.807) is 0 Å². The van der Waals surface area contributed by atoms with Crippen molar-refractivity contribution in [2.75, 3.05) is 0 Å². The fraction of sp³-hybridized carbons (Fsp3) is 0.778. The molecular weight excluding hydrogens is 262 g/mol. The van der Waals surface area contributed by atoms with E-state index >= 15 is 0 Å². The van der Waals surface area contributed by atoms with Crippen molar-refractivity contribution in [1.29, 1.82) is 0 Å². The molecule has 2 aliphatic rings. The van der Waals surface area contributed by atoms with Crippen LogP contribution in [-0.2, 0) is 6.42 Å². The molecule has 2 bridgehead atoms. The van der Waals surface area contributed by atoms with Crippen molar-refractivity contribution in [2.24, 2.45) is 16.7 Å². The van der Waals surface area contributed by atoms with E-state index in [1.807, 2.05) is 11.3 Å². The van der Waals surface area contributed by atoms with Gasteiger partial charge < -0.3 is 5.32 Å². The van der Waals surface area contributed by atoms with Gasteiger partial charge in [0.2, 0.25) is 0 Å². The lowest BCUT2D eigenvalue weighted by atomic mass is 9.69. The standard InChI is InChI=1S/C18H29NS/c1-6-14-7-8-15(20-14)12(2)19-16-11-13-9-10-18(16,5)17(13,3)4/h7-8,12-13,16,19H,6,9-11H2,1-5H3. The minimum atomic E-state index is 0.483. The SMILES string of the molecule is CCc1ccc(C(C)NC2CC3CCC2(C)C3(C)C)s1. The molecule has 1 nitrogen and oxygen atoms in total. The van der Waals surface area contributed by atoms with Crippen molar-refractivity contribution in [2.45, 2.75) is 72.4 Å². The second-order valence-corrected chi connectivity index (χ2v) is 8.91. The average molecular weight is 292 g/mol. The van der Waals surface area contributed by atoms with Gasteiger partial charge in [0.15, 0.2) is 0 Å². The summed E-state index contributed by atoms with van der Waals surface area (Å²) < 4.78 is 0. The highest BCUT2D eigenvalue weighted by Gasteiger charge is 2.61. The highest BCUT2D eigenvalue weighted by Crippen LogP contribution is 2.65. The number of thiophene rings is 1. The Kier molecular flexibility index (Phi) is 3.53. The van der Waals surface area contributed by atoms with Gasteiger partial charge in [-0.1, -0.05) is 27.7 Å². The molecular formula is C18H29NS.